The van der Waals surface area contributed by atoms with Gasteiger partial charge in [-0.1, -0.05) is 108 Å². The van der Waals surface area contributed by atoms with Crippen molar-refractivity contribution < 1.29 is 33.7 Å². The molecule has 312 valence electrons. The number of morpholine rings is 1. The minimum absolute atomic E-state index is 0.0890. The SMILES string of the molecule is COc1ccc(C#Cc2ccc3c(c2)[C@]2(C(=O)N3)[C@H](C(=O)Nc3nc4ccccc4s3)[C@H]3C(=O)O[C@H](c4ccccc4)[C@H](c4ccccc4)N3[C@@H]2c2ccc(OCCO)cc2)cc1. The summed E-state index contributed by atoms with van der Waals surface area (Å²) >= 11 is 1.31. The van der Waals surface area contributed by atoms with Gasteiger partial charge in [0.05, 0.1) is 41.9 Å². The largest absolute Gasteiger partial charge is 0.497 e. The van der Waals surface area contributed by atoms with E-state index in [0.717, 1.165) is 21.4 Å². The Morgan fingerprint density at radius 2 is 1.48 bits per heavy atom. The van der Waals surface area contributed by atoms with Gasteiger partial charge in [-0.3, -0.25) is 19.3 Å². The molecule has 2 saturated heterocycles. The maximum atomic E-state index is 15.6. The van der Waals surface area contributed by atoms with Gasteiger partial charge < -0.3 is 30.0 Å². The number of para-hydroxylation sites is 1. The number of nitrogens with one attached hydrogen (secondary N) is 2. The Morgan fingerprint density at radius 1 is 0.810 bits per heavy atom. The number of nitrogens with zero attached hydrogens (tertiary/aromatic N) is 2. The molecule has 0 saturated carbocycles. The molecule has 2 fully saturated rings. The van der Waals surface area contributed by atoms with Crippen LogP contribution in [0.1, 0.15) is 51.6 Å². The molecule has 3 N–H and O–H groups in total. The molecule has 6 aromatic carbocycles. The van der Waals surface area contributed by atoms with Crippen molar-refractivity contribution in [2.24, 2.45) is 5.92 Å². The number of aromatic nitrogens is 1. The van der Waals surface area contributed by atoms with Crippen molar-refractivity contribution in [1.29, 1.82) is 0 Å². The minimum atomic E-state index is -1.73. The van der Waals surface area contributed by atoms with E-state index >= 15 is 14.4 Å². The van der Waals surface area contributed by atoms with Crippen molar-refractivity contribution in [1.82, 2.24) is 9.88 Å². The number of ether oxygens (including phenoxy) is 3. The molecule has 0 radical (unpaired) electrons. The smallest absolute Gasteiger partial charge is 0.324 e. The molecule has 0 aliphatic carbocycles. The number of fused-ring (bicyclic) bond motifs is 4. The van der Waals surface area contributed by atoms with Crippen LogP contribution in [0.4, 0.5) is 10.8 Å². The normalized spacial score (nSPS) is 22.3. The first-order chi connectivity index (χ1) is 30.9. The second-order valence-electron chi connectivity index (χ2n) is 15.6. The van der Waals surface area contributed by atoms with Gasteiger partial charge in [0.25, 0.3) is 0 Å². The average Bonchev–Trinajstić information content (AvgIpc) is 3.98. The third-order valence-electron chi connectivity index (χ3n) is 12.1. The summed E-state index contributed by atoms with van der Waals surface area (Å²) in [5, 5.41) is 16.1. The van der Waals surface area contributed by atoms with E-state index in [-0.39, 0.29) is 13.2 Å². The zero-order valence-corrected chi connectivity index (χ0v) is 34.8. The molecule has 4 heterocycles. The van der Waals surface area contributed by atoms with E-state index in [1.807, 2.05) is 144 Å². The fourth-order valence-corrected chi connectivity index (χ4v) is 10.4. The maximum absolute atomic E-state index is 15.6. The van der Waals surface area contributed by atoms with Gasteiger partial charge in [0.2, 0.25) is 11.8 Å². The molecule has 0 unspecified atom stereocenters. The first kappa shape index (κ1) is 39.8. The molecule has 7 aromatic rings. The van der Waals surface area contributed by atoms with Crippen LogP contribution < -0.4 is 20.1 Å². The predicted molar refractivity (Wildman–Crippen MR) is 239 cm³/mol. The third-order valence-corrected chi connectivity index (χ3v) is 13.1. The van der Waals surface area contributed by atoms with E-state index in [0.29, 0.717) is 44.5 Å². The van der Waals surface area contributed by atoms with Gasteiger partial charge in [-0.2, -0.15) is 0 Å². The molecule has 1 aromatic heterocycles. The van der Waals surface area contributed by atoms with Gasteiger partial charge in [-0.15, -0.1) is 0 Å². The van der Waals surface area contributed by atoms with E-state index in [1.54, 1.807) is 19.2 Å². The number of thiazole rings is 1. The summed E-state index contributed by atoms with van der Waals surface area (Å²) in [6.07, 6.45) is -0.819. The average molecular weight is 853 g/mol. The fraction of sp³-hybridized carbons (Fsp3) is 0.176. The van der Waals surface area contributed by atoms with Crippen LogP contribution in [0.3, 0.4) is 0 Å². The number of benzene rings is 6. The molecule has 11 nitrogen and oxygen atoms in total. The lowest BCUT2D eigenvalue weighted by molar-refractivity contribution is -0.177. The molecular weight excluding hydrogens is 813 g/mol. The quantitative estimate of drug-likeness (QED) is 0.0975. The lowest BCUT2D eigenvalue weighted by Crippen LogP contribution is -2.53. The Kier molecular flexibility index (Phi) is 10.4. The molecule has 63 heavy (non-hydrogen) atoms. The van der Waals surface area contributed by atoms with Gasteiger partial charge in [0, 0.05) is 16.8 Å². The van der Waals surface area contributed by atoms with Crippen molar-refractivity contribution in [2.45, 2.75) is 29.6 Å². The number of aliphatic hydroxyl groups excluding tert-OH is 1. The molecule has 1 spiro atoms. The molecule has 0 bridgehead atoms. The minimum Gasteiger partial charge on any atom is -0.497 e. The van der Waals surface area contributed by atoms with Crippen LogP contribution in [0.15, 0.2) is 152 Å². The predicted octanol–water partition coefficient (Wildman–Crippen LogP) is 7.99. The number of esters is 1. The van der Waals surface area contributed by atoms with Crippen molar-refractivity contribution in [2.75, 3.05) is 31.0 Å². The van der Waals surface area contributed by atoms with E-state index in [2.05, 4.69) is 22.5 Å². The second-order valence-corrected chi connectivity index (χ2v) is 16.6. The maximum Gasteiger partial charge on any atom is 0.324 e. The summed E-state index contributed by atoms with van der Waals surface area (Å²) < 4.78 is 18.5. The Morgan fingerprint density at radius 3 is 2.19 bits per heavy atom. The molecule has 12 heteroatoms. The highest BCUT2D eigenvalue weighted by Crippen LogP contribution is 2.65. The molecule has 2 amide bonds. The molecule has 10 rings (SSSR count). The standard InChI is InChI=1S/C51H40N4O7S/c1-60-36-23-18-31(19-24-36)16-17-32-20-27-39-38(30-32)51(49(59)52-39)42(47(57)54-50-53-40-14-8-9-15-41(40)63-50)44-48(58)62-45(34-12-6-3-7-13-34)43(33-10-4-2-5-11-33)55(44)46(51)35-21-25-37(26-22-35)61-29-28-56/h2-15,18-27,30,42-46,56H,28-29H2,1H3,(H,52,59)(H,53,54,57)/t42-,43-,44-,45+,46+,51-/m0/s1. The van der Waals surface area contributed by atoms with E-state index < -0.39 is 53.3 Å². The van der Waals surface area contributed by atoms with E-state index in [4.69, 9.17) is 19.2 Å². The van der Waals surface area contributed by atoms with Crippen LogP contribution in [0.25, 0.3) is 10.2 Å². The van der Waals surface area contributed by atoms with Crippen molar-refractivity contribution in [3.05, 3.63) is 185 Å². The molecular formula is C51H40N4O7S. The number of carbonyl (C=O) groups is 3. The first-order valence-electron chi connectivity index (χ1n) is 20.6. The highest BCUT2D eigenvalue weighted by molar-refractivity contribution is 7.22. The van der Waals surface area contributed by atoms with Gasteiger partial charge in [0.1, 0.15) is 35.7 Å². The molecule has 3 aliphatic rings. The van der Waals surface area contributed by atoms with Crippen LogP contribution in [-0.2, 0) is 24.5 Å². The Labute approximate surface area is 367 Å². The number of anilines is 2. The summed E-state index contributed by atoms with van der Waals surface area (Å²) in [5.41, 5.74) is 3.61. The Bertz CT molecular complexity index is 2880. The van der Waals surface area contributed by atoms with Crippen LogP contribution in [0.5, 0.6) is 11.5 Å². The lowest BCUT2D eigenvalue weighted by Gasteiger charge is -2.46. The number of rotatable bonds is 9. The van der Waals surface area contributed by atoms with E-state index in [9.17, 15) is 5.11 Å². The van der Waals surface area contributed by atoms with Crippen molar-refractivity contribution in [3.8, 4) is 23.3 Å². The summed E-state index contributed by atoms with van der Waals surface area (Å²) in [6, 6.07) is 44.2. The van der Waals surface area contributed by atoms with Crippen molar-refractivity contribution in [3.63, 3.8) is 0 Å². The van der Waals surface area contributed by atoms with Crippen LogP contribution in [0.2, 0.25) is 0 Å². The number of carbonyl (C=O) groups excluding carboxylic acids is 3. The van der Waals surface area contributed by atoms with E-state index in [1.165, 1.54) is 11.3 Å². The van der Waals surface area contributed by atoms with Crippen LogP contribution in [-0.4, -0.2) is 59.1 Å². The lowest BCUT2D eigenvalue weighted by atomic mass is 9.65. The van der Waals surface area contributed by atoms with Gasteiger partial charge in [0.15, 0.2) is 5.13 Å². The summed E-state index contributed by atoms with van der Waals surface area (Å²) in [6.45, 7) is -0.0808. The zero-order valence-electron chi connectivity index (χ0n) is 33.9. The molecule has 6 atom stereocenters. The third kappa shape index (κ3) is 6.96. The highest BCUT2D eigenvalue weighted by Gasteiger charge is 2.74. The van der Waals surface area contributed by atoms with Crippen LogP contribution in [0, 0.1) is 17.8 Å². The monoisotopic (exact) mass is 852 g/mol. The number of amides is 2. The van der Waals surface area contributed by atoms with Gasteiger partial charge >= 0.3 is 5.97 Å². The number of methoxy groups -OCH3 is 1. The topological polar surface area (TPSA) is 139 Å². The highest BCUT2D eigenvalue weighted by atomic mass is 32.1. The second kappa shape index (κ2) is 16.5. The number of aliphatic hydroxyl groups is 1. The Balaban J connectivity index is 1.22. The number of cyclic esters (lactones) is 1. The fourth-order valence-electron chi connectivity index (χ4n) is 9.51. The summed E-state index contributed by atoms with van der Waals surface area (Å²) in [4.78, 5) is 53.1. The first-order valence-corrected chi connectivity index (χ1v) is 21.4. The zero-order chi connectivity index (χ0) is 43.1. The summed E-state index contributed by atoms with van der Waals surface area (Å²) in [7, 11) is 1.61. The Hall–Kier alpha value is -7.30. The van der Waals surface area contributed by atoms with Crippen molar-refractivity contribution >= 4 is 50.2 Å². The van der Waals surface area contributed by atoms with Gasteiger partial charge in [-0.05, 0) is 89.0 Å². The van der Waals surface area contributed by atoms with Crippen LogP contribution >= 0.6 is 11.3 Å². The summed E-state index contributed by atoms with van der Waals surface area (Å²) in [5.74, 6) is 4.74. The number of hydrogen-bond donors (Lipinski definition) is 3. The molecule has 3 aliphatic heterocycles. The van der Waals surface area contributed by atoms with Gasteiger partial charge in [-0.25, -0.2) is 4.98 Å². The number of hydrogen-bond acceptors (Lipinski definition) is 10.